The number of rotatable bonds is 43. The Bertz CT molecular complexity index is 1070. The molecule has 0 radical (unpaired) electrons. The van der Waals surface area contributed by atoms with Gasteiger partial charge in [0.1, 0.15) is 13.2 Å². The molecule has 0 saturated carbocycles. The summed E-state index contributed by atoms with van der Waals surface area (Å²) < 4.78 is 16.6. The van der Waals surface area contributed by atoms with Gasteiger partial charge in [-0.25, -0.2) is 0 Å². The molecule has 0 rings (SSSR count). The van der Waals surface area contributed by atoms with Crippen LogP contribution >= 0.6 is 0 Å². The molecule has 0 aliphatic rings. The summed E-state index contributed by atoms with van der Waals surface area (Å²) in [6, 6.07) is 0. The molecular formula is C52H90O6. The molecular weight excluding hydrogens is 721 g/mol. The van der Waals surface area contributed by atoms with Gasteiger partial charge >= 0.3 is 17.9 Å². The van der Waals surface area contributed by atoms with Crippen LogP contribution in [0.15, 0.2) is 60.8 Å². The average Bonchev–Trinajstić information content (AvgIpc) is 3.22. The molecule has 0 aliphatic heterocycles. The second-order valence-corrected chi connectivity index (χ2v) is 16.0. The zero-order valence-electron chi connectivity index (χ0n) is 38.0. The molecule has 0 spiro atoms. The number of carbonyl (C=O) groups is 3. The summed E-state index contributed by atoms with van der Waals surface area (Å²) in [6.07, 6.45) is 56.7. The lowest BCUT2D eigenvalue weighted by atomic mass is 10.0. The number of hydrogen-bond acceptors (Lipinski definition) is 6. The summed E-state index contributed by atoms with van der Waals surface area (Å²) in [5.41, 5.74) is 0. The molecule has 0 aliphatic carbocycles. The largest absolute Gasteiger partial charge is 0.462 e. The highest BCUT2D eigenvalue weighted by Gasteiger charge is 2.19. The van der Waals surface area contributed by atoms with Crippen molar-refractivity contribution in [1.29, 1.82) is 0 Å². The highest BCUT2D eigenvalue weighted by atomic mass is 16.6. The fourth-order valence-corrected chi connectivity index (χ4v) is 6.67. The maximum atomic E-state index is 12.7. The number of unbranched alkanes of at least 4 members (excludes halogenated alkanes) is 24. The highest BCUT2D eigenvalue weighted by molar-refractivity contribution is 5.72. The summed E-state index contributed by atoms with van der Waals surface area (Å²) >= 11 is 0. The third-order valence-corrected chi connectivity index (χ3v) is 10.3. The Morgan fingerprint density at radius 1 is 0.397 bits per heavy atom. The average molecular weight is 811 g/mol. The first-order valence-corrected chi connectivity index (χ1v) is 24.3. The lowest BCUT2D eigenvalue weighted by molar-refractivity contribution is -0.166. The summed E-state index contributed by atoms with van der Waals surface area (Å²) in [5.74, 6) is -1.06. The smallest absolute Gasteiger partial charge is 0.309 e. The van der Waals surface area contributed by atoms with E-state index < -0.39 is 12.1 Å². The van der Waals surface area contributed by atoms with Crippen molar-refractivity contribution in [2.24, 2.45) is 0 Å². The molecule has 6 nitrogen and oxygen atoms in total. The van der Waals surface area contributed by atoms with E-state index in [-0.39, 0.29) is 31.6 Å². The van der Waals surface area contributed by atoms with Gasteiger partial charge in [-0.1, -0.05) is 216 Å². The van der Waals surface area contributed by atoms with E-state index in [2.05, 4.69) is 69.4 Å². The van der Waals surface area contributed by atoms with Crippen molar-refractivity contribution in [2.45, 2.75) is 239 Å². The third kappa shape index (κ3) is 44.2. The number of allylic oxidation sites excluding steroid dienone is 9. The molecule has 0 N–H and O–H groups in total. The van der Waals surface area contributed by atoms with Crippen LogP contribution in [0.4, 0.5) is 0 Å². The van der Waals surface area contributed by atoms with Gasteiger partial charge in [0.05, 0.1) is 6.42 Å². The summed E-state index contributed by atoms with van der Waals surface area (Å²) in [5, 5.41) is 0. The van der Waals surface area contributed by atoms with E-state index in [4.69, 9.17) is 14.2 Å². The highest BCUT2D eigenvalue weighted by Crippen LogP contribution is 2.15. The monoisotopic (exact) mass is 811 g/mol. The van der Waals surface area contributed by atoms with Gasteiger partial charge in [0, 0.05) is 12.8 Å². The summed E-state index contributed by atoms with van der Waals surface area (Å²) in [7, 11) is 0. The lowest BCUT2D eigenvalue weighted by Crippen LogP contribution is -2.30. The predicted octanol–water partition coefficient (Wildman–Crippen LogP) is 15.7. The van der Waals surface area contributed by atoms with E-state index in [1.807, 2.05) is 6.08 Å². The zero-order chi connectivity index (χ0) is 42.3. The first-order valence-electron chi connectivity index (χ1n) is 24.3. The molecule has 0 saturated heterocycles. The molecule has 0 aromatic carbocycles. The maximum Gasteiger partial charge on any atom is 0.309 e. The summed E-state index contributed by atoms with van der Waals surface area (Å²) in [4.78, 5) is 37.7. The van der Waals surface area contributed by atoms with Crippen molar-refractivity contribution in [3.05, 3.63) is 60.8 Å². The molecule has 0 aromatic heterocycles. The normalized spacial score (nSPS) is 12.5. The van der Waals surface area contributed by atoms with Crippen LogP contribution in [0.3, 0.4) is 0 Å². The first kappa shape index (κ1) is 55.1. The maximum absolute atomic E-state index is 12.7. The summed E-state index contributed by atoms with van der Waals surface area (Å²) in [6.45, 7) is 6.40. The van der Waals surface area contributed by atoms with Crippen molar-refractivity contribution in [1.82, 2.24) is 0 Å². The molecule has 0 aromatic rings. The van der Waals surface area contributed by atoms with Crippen LogP contribution in [0.1, 0.15) is 233 Å². The van der Waals surface area contributed by atoms with E-state index >= 15 is 0 Å². The van der Waals surface area contributed by atoms with Crippen LogP contribution in [-0.2, 0) is 28.6 Å². The lowest BCUT2D eigenvalue weighted by Gasteiger charge is -2.18. The topological polar surface area (TPSA) is 78.9 Å². The first-order chi connectivity index (χ1) is 28.5. The minimum absolute atomic E-state index is 0.113. The standard InChI is InChI=1S/C52H90O6/c1-4-7-10-13-16-19-21-23-25-27-28-30-33-36-39-42-45-51(54)57-48-49(47-56-50(53)44-41-38-35-32-18-15-12-9-6-3)58-52(55)46-43-40-37-34-31-29-26-24-22-20-17-14-11-8-5-2/h9,12,18,25,27-28,30,32,38,41,49H,4-8,10-11,13-17,19-24,26,29,31,33-37,39-40,42-48H2,1-3H3/b12-9-,27-25-,30-28-,32-18-,41-38-. The van der Waals surface area contributed by atoms with Crippen LogP contribution in [0, 0.1) is 0 Å². The van der Waals surface area contributed by atoms with Gasteiger partial charge in [-0.05, 0) is 57.8 Å². The fourth-order valence-electron chi connectivity index (χ4n) is 6.67. The Morgan fingerprint density at radius 3 is 1.26 bits per heavy atom. The molecule has 6 heteroatoms. The molecule has 58 heavy (non-hydrogen) atoms. The van der Waals surface area contributed by atoms with Crippen molar-refractivity contribution in [2.75, 3.05) is 13.2 Å². The van der Waals surface area contributed by atoms with Gasteiger partial charge in [-0.15, -0.1) is 0 Å². The van der Waals surface area contributed by atoms with E-state index in [1.54, 1.807) is 6.08 Å². The molecule has 0 heterocycles. The van der Waals surface area contributed by atoms with E-state index in [0.717, 1.165) is 70.6 Å². The Balaban J connectivity index is 4.42. The Labute approximate surface area is 358 Å². The van der Waals surface area contributed by atoms with Gasteiger partial charge < -0.3 is 14.2 Å². The van der Waals surface area contributed by atoms with Crippen molar-refractivity contribution in [3.8, 4) is 0 Å². The second kappa shape index (κ2) is 46.8. The van der Waals surface area contributed by atoms with Gasteiger partial charge in [0.25, 0.3) is 0 Å². The van der Waals surface area contributed by atoms with Crippen molar-refractivity contribution in [3.63, 3.8) is 0 Å². The molecule has 0 amide bonds. The molecule has 1 atom stereocenters. The Kier molecular flexibility index (Phi) is 44.5. The van der Waals surface area contributed by atoms with Crippen LogP contribution in [-0.4, -0.2) is 37.2 Å². The van der Waals surface area contributed by atoms with E-state index in [1.165, 1.54) is 122 Å². The van der Waals surface area contributed by atoms with Gasteiger partial charge in [-0.2, -0.15) is 0 Å². The quantitative estimate of drug-likeness (QED) is 0.0201. The fraction of sp³-hybridized carbons (Fsp3) is 0.750. The van der Waals surface area contributed by atoms with E-state index in [9.17, 15) is 14.4 Å². The minimum atomic E-state index is -0.816. The van der Waals surface area contributed by atoms with E-state index in [0.29, 0.717) is 12.8 Å². The van der Waals surface area contributed by atoms with Crippen LogP contribution in [0.5, 0.6) is 0 Å². The number of hydrogen-bond donors (Lipinski definition) is 0. The van der Waals surface area contributed by atoms with Gasteiger partial charge in [-0.3, -0.25) is 14.4 Å². The third-order valence-electron chi connectivity index (χ3n) is 10.3. The van der Waals surface area contributed by atoms with Crippen LogP contribution < -0.4 is 0 Å². The Morgan fingerprint density at radius 2 is 0.776 bits per heavy atom. The Hall–Kier alpha value is -2.89. The van der Waals surface area contributed by atoms with Crippen molar-refractivity contribution < 1.29 is 28.6 Å². The van der Waals surface area contributed by atoms with Crippen LogP contribution in [0.25, 0.3) is 0 Å². The molecule has 0 fully saturated rings. The molecule has 334 valence electrons. The number of ether oxygens (including phenoxy) is 3. The molecule has 0 bridgehead atoms. The van der Waals surface area contributed by atoms with Gasteiger partial charge in [0.15, 0.2) is 6.10 Å². The number of carbonyl (C=O) groups excluding carboxylic acids is 3. The van der Waals surface area contributed by atoms with Crippen molar-refractivity contribution >= 4 is 17.9 Å². The van der Waals surface area contributed by atoms with Crippen LogP contribution in [0.2, 0.25) is 0 Å². The zero-order valence-corrected chi connectivity index (χ0v) is 38.0. The van der Waals surface area contributed by atoms with Gasteiger partial charge in [0.2, 0.25) is 0 Å². The predicted molar refractivity (Wildman–Crippen MR) is 247 cm³/mol. The SMILES string of the molecule is CC/C=C\C/C=C\C/C=C\CC(=O)OCC(COC(=O)CCCCC/C=C\C=C/CCCCCCCCC)OC(=O)CCCCCCCCCCCCCCCCC. The minimum Gasteiger partial charge on any atom is -0.462 e. The second-order valence-electron chi connectivity index (χ2n) is 16.0. The number of esters is 3. The molecule has 1 unspecified atom stereocenters.